The van der Waals surface area contributed by atoms with E-state index in [1.165, 1.54) is 18.5 Å². The predicted molar refractivity (Wildman–Crippen MR) is 81.5 cm³/mol. The van der Waals surface area contributed by atoms with Crippen LogP contribution in [0.2, 0.25) is 0 Å². The minimum absolute atomic E-state index is 0.239. The van der Waals surface area contributed by atoms with Crippen molar-refractivity contribution in [2.45, 2.75) is 12.5 Å². The van der Waals surface area contributed by atoms with Gasteiger partial charge in [0.2, 0.25) is 5.78 Å². The van der Waals surface area contributed by atoms with Gasteiger partial charge in [-0.05, 0) is 54.4 Å². The van der Waals surface area contributed by atoms with Gasteiger partial charge < -0.3 is 4.42 Å². The van der Waals surface area contributed by atoms with E-state index in [2.05, 4.69) is 9.98 Å². The molecule has 1 atom stereocenters. The van der Waals surface area contributed by atoms with Crippen LogP contribution in [0.15, 0.2) is 52.2 Å². The molecular formula is C16H11ClN2O3. The summed E-state index contributed by atoms with van der Waals surface area (Å²) in [7, 11) is 0. The molecule has 3 rings (SSSR count). The van der Waals surface area contributed by atoms with Crippen molar-refractivity contribution in [3.63, 3.8) is 0 Å². The molecule has 0 spiro atoms. The smallest absolute Gasteiger partial charge is 0.253 e. The fourth-order valence-electron chi connectivity index (χ4n) is 2.30. The summed E-state index contributed by atoms with van der Waals surface area (Å²) in [5.41, 5.74) is 0.122. The number of halogens is 1. The normalized spacial score (nSPS) is 19.5. The van der Waals surface area contributed by atoms with Crippen molar-refractivity contribution in [2.75, 3.05) is 0 Å². The van der Waals surface area contributed by atoms with Gasteiger partial charge in [-0.15, -0.1) is 0 Å². The fraction of sp³-hybridized carbons (Fsp3) is 0.125. The maximum absolute atomic E-state index is 12.9. The van der Waals surface area contributed by atoms with E-state index in [4.69, 9.17) is 16.0 Å². The van der Waals surface area contributed by atoms with Gasteiger partial charge in [-0.3, -0.25) is 19.6 Å². The van der Waals surface area contributed by atoms with Crippen LogP contribution in [0.3, 0.4) is 0 Å². The molecule has 22 heavy (non-hydrogen) atoms. The van der Waals surface area contributed by atoms with Gasteiger partial charge in [0.05, 0.1) is 17.5 Å². The third kappa shape index (κ3) is 2.19. The van der Waals surface area contributed by atoms with Gasteiger partial charge in [0.15, 0.2) is 11.3 Å². The molecule has 0 aliphatic carbocycles. The zero-order valence-corrected chi connectivity index (χ0v) is 12.4. The average Bonchev–Trinajstić information content (AvgIpc) is 3.16. The van der Waals surface area contributed by atoms with Crippen molar-refractivity contribution in [1.82, 2.24) is 4.98 Å². The molecule has 0 saturated heterocycles. The van der Waals surface area contributed by atoms with E-state index < -0.39 is 10.8 Å². The first-order valence-electron chi connectivity index (χ1n) is 6.53. The predicted octanol–water partition coefficient (Wildman–Crippen LogP) is 3.08. The van der Waals surface area contributed by atoms with Crippen LogP contribution >= 0.6 is 11.6 Å². The summed E-state index contributed by atoms with van der Waals surface area (Å²) in [6.07, 6.45) is 7.66. The number of carbonyl (C=O) groups excluding carboxylic acids is 2. The molecule has 0 aromatic carbocycles. The van der Waals surface area contributed by atoms with Crippen LogP contribution in [-0.4, -0.2) is 22.2 Å². The molecule has 0 bridgehead atoms. The molecular weight excluding hydrogens is 304 g/mol. The fourth-order valence-corrected chi connectivity index (χ4v) is 2.41. The van der Waals surface area contributed by atoms with Crippen LogP contribution in [0, 0.1) is 6.92 Å². The molecule has 3 heterocycles. The molecule has 0 saturated carbocycles. The Bertz CT molecular complexity index is 791. The molecule has 1 aliphatic rings. The standard InChI is InChI=1S/C16H11ClN2O3/c1-10-5-8-22-13(10)14(20)16(6-2-7-19-16)12-4-3-11(9-18-12)15(17)21/h2-9H,1H3. The number of aliphatic imine (C=N–C) groups is 1. The van der Waals surface area contributed by atoms with Crippen molar-refractivity contribution in [3.8, 4) is 0 Å². The number of rotatable bonds is 4. The monoisotopic (exact) mass is 314 g/mol. The number of hydrogen-bond acceptors (Lipinski definition) is 5. The van der Waals surface area contributed by atoms with Gasteiger partial charge >= 0.3 is 0 Å². The number of carbonyl (C=O) groups is 2. The Hall–Kier alpha value is -2.53. The zero-order chi connectivity index (χ0) is 15.7. The van der Waals surface area contributed by atoms with Crippen LogP contribution in [0.25, 0.3) is 0 Å². The quantitative estimate of drug-likeness (QED) is 0.642. The molecule has 0 radical (unpaired) electrons. The Morgan fingerprint density at radius 3 is 2.59 bits per heavy atom. The second-order valence-corrected chi connectivity index (χ2v) is 5.21. The summed E-state index contributed by atoms with van der Waals surface area (Å²) in [6.45, 7) is 1.79. The summed E-state index contributed by atoms with van der Waals surface area (Å²) >= 11 is 5.41. The van der Waals surface area contributed by atoms with Gasteiger partial charge in [-0.25, -0.2) is 0 Å². The SMILES string of the molecule is Cc1ccoc1C(=O)C1(c2ccc(C(=O)Cl)cn2)C=CC=N1. The second-order valence-electron chi connectivity index (χ2n) is 4.87. The van der Waals surface area contributed by atoms with E-state index in [9.17, 15) is 9.59 Å². The van der Waals surface area contributed by atoms with Gasteiger partial charge in [-0.1, -0.05) is 0 Å². The molecule has 0 fully saturated rings. The molecule has 1 unspecified atom stereocenters. The Balaban J connectivity index is 2.08. The molecule has 110 valence electrons. The highest BCUT2D eigenvalue weighted by Crippen LogP contribution is 2.34. The number of aromatic nitrogens is 1. The molecule has 6 heteroatoms. The maximum Gasteiger partial charge on any atom is 0.253 e. The van der Waals surface area contributed by atoms with Crippen molar-refractivity contribution >= 4 is 28.8 Å². The third-order valence-corrected chi connectivity index (χ3v) is 3.72. The Kier molecular flexibility index (Phi) is 3.50. The number of hydrogen-bond donors (Lipinski definition) is 0. The van der Waals surface area contributed by atoms with Crippen molar-refractivity contribution in [2.24, 2.45) is 4.99 Å². The molecule has 2 aromatic heterocycles. The summed E-state index contributed by atoms with van der Waals surface area (Å²) in [4.78, 5) is 32.5. The Morgan fingerprint density at radius 2 is 2.09 bits per heavy atom. The summed E-state index contributed by atoms with van der Waals surface area (Å²) < 4.78 is 5.29. The zero-order valence-electron chi connectivity index (χ0n) is 11.6. The first-order valence-corrected chi connectivity index (χ1v) is 6.91. The topological polar surface area (TPSA) is 72.5 Å². The summed E-state index contributed by atoms with van der Waals surface area (Å²) in [6, 6.07) is 4.80. The lowest BCUT2D eigenvalue weighted by atomic mass is 9.88. The Morgan fingerprint density at radius 1 is 1.27 bits per heavy atom. The molecule has 2 aromatic rings. The highest BCUT2D eigenvalue weighted by molar-refractivity contribution is 6.67. The number of Topliss-reactive ketones (excluding diaryl/α,β-unsaturated/α-hetero) is 1. The van der Waals surface area contributed by atoms with E-state index in [0.29, 0.717) is 5.69 Å². The van der Waals surface area contributed by atoms with Crippen LogP contribution < -0.4 is 0 Å². The average molecular weight is 315 g/mol. The van der Waals surface area contributed by atoms with E-state index >= 15 is 0 Å². The van der Waals surface area contributed by atoms with E-state index in [-0.39, 0.29) is 17.1 Å². The van der Waals surface area contributed by atoms with Gasteiger partial charge in [0.1, 0.15) is 0 Å². The lowest BCUT2D eigenvalue weighted by molar-refractivity contribution is 0.0891. The second kappa shape index (κ2) is 5.35. The number of nitrogens with zero attached hydrogens (tertiary/aromatic N) is 2. The van der Waals surface area contributed by atoms with Crippen LogP contribution in [-0.2, 0) is 5.54 Å². The summed E-state index contributed by atoms with van der Waals surface area (Å²) in [5.74, 6) is -0.0690. The van der Waals surface area contributed by atoms with E-state index in [1.54, 1.807) is 37.4 Å². The van der Waals surface area contributed by atoms with Crippen LogP contribution in [0.5, 0.6) is 0 Å². The largest absolute Gasteiger partial charge is 0.461 e. The molecule has 0 amide bonds. The number of ketones is 1. The van der Waals surface area contributed by atoms with E-state index in [1.807, 2.05) is 0 Å². The maximum atomic E-state index is 12.9. The molecule has 1 aliphatic heterocycles. The number of furan rings is 1. The highest BCUT2D eigenvalue weighted by atomic mass is 35.5. The Labute approximate surface area is 131 Å². The van der Waals surface area contributed by atoms with Gasteiger partial charge in [-0.2, -0.15) is 0 Å². The number of aryl methyl sites for hydroxylation is 1. The molecule has 0 N–H and O–H groups in total. The highest BCUT2D eigenvalue weighted by Gasteiger charge is 2.42. The van der Waals surface area contributed by atoms with Crippen LogP contribution in [0.1, 0.15) is 32.2 Å². The number of allylic oxidation sites excluding steroid dienone is 1. The van der Waals surface area contributed by atoms with Crippen molar-refractivity contribution < 1.29 is 14.0 Å². The van der Waals surface area contributed by atoms with Crippen molar-refractivity contribution in [3.05, 3.63) is 65.4 Å². The number of pyridine rings is 1. The lowest BCUT2D eigenvalue weighted by Gasteiger charge is -2.21. The van der Waals surface area contributed by atoms with Crippen molar-refractivity contribution in [1.29, 1.82) is 0 Å². The first kappa shape index (κ1) is 14.4. The minimum Gasteiger partial charge on any atom is -0.461 e. The minimum atomic E-state index is -1.27. The van der Waals surface area contributed by atoms with E-state index in [0.717, 1.165) is 5.56 Å². The lowest BCUT2D eigenvalue weighted by Crippen LogP contribution is -2.32. The third-order valence-electron chi connectivity index (χ3n) is 3.50. The van der Waals surface area contributed by atoms with Crippen LogP contribution in [0.4, 0.5) is 0 Å². The molecule has 5 nitrogen and oxygen atoms in total. The van der Waals surface area contributed by atoms with Gasteiger partial charge in [0, 0.05) is 12.4 Å². The van der Waals surface area contributed by atoms with Gasteiger partial charge in [0.25, 0.3) is 5.24 Å². The summed E-state index contributed by atoms with van der Waals surface area (Å²) in [5, 5.41) is -0.605. The first-order chi connectivity index (χ1) is 10.5.